The van der Waals surface area contributed by atoms with E-state index in [0.29, 0.717) is 13.0 Å². The molecule has 0 bridgehead atoms. The molecule has 0 saturated carbocycles. The summed E-state index contributed by atoms with van der Waals surface area (Å²) in [5.74, 6) is -0.318. The van der Waals surface area contributed by atoms with E-state index >= 15 is 0 Å². The lowest BCUT2D eigenvalue weighted by Crippen LogP contribution is -2.35. The summed E-state index contributed by atoms with van der Waals surface area (Å²) in [6.07, 6.45) is 4.42. The molecule has 0 amide bonds. The van der Waals surface area contributed by atoms with Gasteiger partial charge in [-0.2, -0.15) is 0 Å². The molecule has 0 radical (unpaired) electrons. The first-order valence-corrected chi connectivity index (χ1v) is 8.30. The number of ether oxygens (including phenoxy) is 1. The first-order valence-electron chi connectivity index (χ1n) is 8.30. The highest BCUT2D eigenvalue weighted by molar-refractivity contribution is 5.76. The van der Waals surface area contributed by atoms with Crippen molar-refractivity contribution in [2.75, 3.05) is 24.6 Å². The quantitative estimate of drug-likeness (QED) is 0.850. The lowest BCUT2D eigenvalue weighted by atomic mass is 9.95. The second-order valence-electron chi connectivity index (χ2n) is 6.17. The molecule has 2 N–H and O–H groups in total. The fourth-order valence-corrected chi connectivity index (χ4v) is 3.18. The van der Waals surface area contributed by atoms with Crippen molar-refractivity contribution >= 4 is 11.7 Å². The van der Waals surface area contributed by atoms with Gasteiger partial charge in [0.25, 0.3) is 0 Å². The van der Waals surface area contributed by atoms with Gasteiger partial charge in [-0.1, -0.05) is 0 Å². The number of carbonyl (C=O) groups is 1. The van der Waals surface area contributed by atoms with Gasteiger partial charge >= 0.3 is 5.97 Å². The molecule has 1 saturated heterocycles. The van der Waals surface area contributed by atoms with Crippen molar-refractivity contribution in [3.05, 3.63) is 28.8 Å². The molecule has 1 atom stereocenters. The van der Waals surface area contributed by atoms with Gasteiger partial charge in [0, 0.05) is 18.8 Å². The number of esters is 1. The van der Waals surface area contributed by atoms with Crippen LogP contribution < -0.4 is 10.6 Å². The van der Waals surface area contributed by atoms with Gasteiger partial charge < -0.3 is 15.4 Å². The van der Waals surface area contributed by atoms with E-state index in [-0.39, 0.29) is 5.97 Å². The molecule has 4 heteroatoms. The molecule has 1 aromatic rings. The Morgan fingerprint density at radius 3 is 2.36 bits per heavy atom. The Labute approximate surface area is 133 Å². The summed E-state index contributed by atoms with van der Waals surface area (Å²) >= 11 is 0. The van der Waals surface area contributed by atoms with Crippen LogP contribution in [0.1, 0.15) is 42.9 Å². The molecular weight excluding hydrogens is 276 g/mol. The molecule has 22 heavy (non-hydrogen) atoms. The molecular formula is C18H28N2O2. The van der Waals surface area contributed by atoms with Gasteiger partial charge in [-0.05, 0) is 75.3 Å². The fourth-order valence-electron chi connectivity index (χ4n) is 3.18. The van der Waals surface area contributed by atoms with E-state index < -0.39 is 6.04 Å². The van der Waals surface area contributed by atoms with E-state index in [1.54, 1.807) is 6.92 Å². The van der Waals surface area contributed by atoms with Gasteiger partial charge in [0.15, 0.2) is 0 Å². The highest BCUT2D eigenvalue weighted by Crippen LogP contribution is 2.26. The maximum Gasteiger partial charge on any atom is 0.323 e. The maximum atomic E-state index is 11.7. The third-order valence-electron chi connectivity index (χ3n) is 4.42. The summed E-state index contributed by atoms with van der Waals surface area (Å²) in [6, 6.07) is 3.87. The van der Waals surface area contributed by atoms with E-state index in [1.165, 1.54) is 41.6 Å². The molecule has 0 spiro atoms. The summed E-state index contributed by atoms with van der Waals surface area (Å²) in [7, 11) is 0. The average molecular weight is 304 g/mol. The van der Waals surface area contributed by atoms with Crippen molar-refractivity contribution in [2.45, 2.75) is 52.5 Å². The van der Waals surface area contributed by atoms with Crippen LogP contribution in [0.15, 0.2) is 12.1 Å². The molecule has 1 fully saturated rings. The lowest BCUT2D eigenvalue weighted by molar-refractivity contribution is -0.144. The number of hydrogen-bond donors (Lipinski definition) is 1. The predicted molar refractivity (Wildman–Crippen MR) is 90.3 cm³/mol. The van der Waals surface area contributed by atoms with Gasteiger partial charge in [0.2, 0.25) is 0 Å². The minimum Gasteiger partial charge on any atom is -0.465 e. The van der Waals surface area contributed by atoms with E-state index in [1.807, 2.05) is 0 Å². The molecule has 2 rings (SSSR count). The van der Waals surface area contributed by atoms with E-state index in [0.717, 1.165) is 13.1 Å². The average Bonchev–Trinajstić information content (AvgIpc) is 2.51. The zero-order valence-electron chi connectivity index (χ0n) is 14.0. The second-order valence-corrected chi connectivity index (χ2v) is 6.17. The monoisotopic (exact) mass is 304 g/mol. The third-order valence-corrected chi connectivity index (χ3v) is 4.42. The van der Waals surface area contributed by atoms with Crippen LogP contribution in [0.5, 0.6) is 0 Å². The van der Waals surface area contributed by atoms with Gasteiger partial charge in [-0.15, -0.1) is 0 Å². The van der Waals surface area contributed by atoms with Crippen LogP contribution in [-0.2, 0) is 16.0 Å². The summed E-state index contributed by atoms with van der Waals surface area (Å²) in [4.78, 5) is 14.2. The number of nitrogens with two attached hydrogens (primary N) is 1. The molecule has 0 aromatic heterocycles. The Morgan fingerprint density at radius 1 is 1.23 bits per heavy atom. The lowest BCUT2D eigenvalue weighted by Gasteiger charge is -2.30. The first kappa shape index (κ1) is 16.8. The molecule has 1 aliphatic rings. The van der Waals surface area contributed by atoms with Gasteiger partial charge in [0.1, 0.15) is 6.04 Å². The Morgan fingerprint density at radius 2 is 1.82 bits per heavy atom. The highest BCUT2D eigenvalue weighted by Gasteiger charge is 2.19. The van der Waals surface area contributed by atoms with Crippen molar-refractivity contribution in [2.24, 2.45) is 5.73 Å². The number of piperidine rings is 1. The van der Waals surface area contributed by atoms with Gasteiger partial charge in [0.05, 0.1) is 6.61 Å². The summed E-state index contributed by atoms with van der Waals surface area (Å²) in [5.41, 5.74) is 10.8. The predicted octanol–water partition coefficient (Wildman–Crippen LogP) is 2.73. The Kier molecular flexibility index (Phi) is 5.83. The van der Waals surface area contributed by atoms with E-state index in [9.17, 15) is 4.79 Å². The first-order chi connectivity index (χ1) is 10.5. The number of carbonyl (C=O) groups excluding carboxylic acids is 1. The number of rotatable bonds is 5. The summed E-state index contributed by atoms with van der Waals surface area (Å²) < 4.78 is 5.00. The molecule has 1 aromatic carbocycles. The Balaban J connectivity index is 2.14. The van der Waals surface area contributed by atoms with Crippen LogP contribution in [-0.4, -0.2) is 31.7 Å². The second kappa shape index (κ2) is 7.63. The summed E-state index contributed by atoms with van der Waals surface area (Å²) in [6.45, 7) is 8.66. The number of hydrogen-bond acceptors (Lipinski definition) is 4. The van der Waals surface area contributed by atoms with Crippen molar-refractivity contribution in [3.8, 4) is 0 Å². The van der Waals surface area contributed by atoms with Crippen LogP contribution in [0, 0.1) is 13.8 Å². The van der Waals surface area contributed by atoms with Gasteiger partial charge in [-0.25, -0.2) is 0 Å². The highest BCUT2D eigenvalue weighted by atomic mass is 16.5. The fraction of sp³-hybridized carbons (Fsp3) is 0.611. The van der Waals surface area contributed by atoms with Crippen molar-refractivity contribution in [1.29, 1.82) is 0 Å². The normalized spacial score (nSPS) is 16.5. The zero-order valence-corrected chi connectivity index (χ0v) is 14.0. The van der Waals surface area contributed by atoms with Crippen LogP contribution >= 0.6 is 0 Å². The zero-order chi connectivity index (χ0) is 16.1. The van der Waals surface area contributed by atoms with Crippen LogP contribution in [0.25, 0.3) is 0 Å². The SMILES string of the molecule is CCOC(=O)C(N)Cc1c(C)cc(N2CCCCC2)cc1C. The molecule has 1 unspecified atom stereocenters. The van der Waals surface area contributed by atoms with Gasteiger partial charge in [-0.3, -0.25) is 4.79 Å². The van der Waals surface area contributed by atoms with Crippen LogP contribution in [0.4, 0.5) is 5.69 Å². The van der Waals surface area contributed by atoms with Crippen LogP contribution in [0.2, 0.25) is 0 Å². The van der Waals surface area contributed by atoms with E-state index in [4.69, 9.17) is 10.5 Å². The number of nitrogens with zero attached hydrogens (tertiary/aromatic N) is 1. The Bertz CT molecular complexity index is 499. The maximum absolute atomic E-state index is 11.7. The number of anilines is 1. The van der Waals surface area contributed by atoms with Crippen molar-refractivity contribution in [1.82, 2.24) is 0 Å². The van der Waals surface area contributed by atoms with Crippen molar-refractivity contribution in [3.63, 3.8) is 0 Å². The third kappa shape index (κ3) is 4.01. The number of benzene rings is 1. The molecule has 122 valence electrons. The molecule has 1 heterocycles. The van der Waals surface area contributed by atoms with Crippen molar-refractivity contribution < 1.29 is 9.53 Å². The summed E-state index contributed by atoms with van der Waals surface area (Å²) in [5, 5.41) is 0. The minimum absolute atomic E-state index is 0.318. The molecule has 0 aliphatic carbocycles. The molecule has 1 aliphatic heterocycles. The number of aryl methyl sites for hydroxylation is 2. The Hall–Kier alpha value is -1.55. The van der Waals surface area contributed by atoms with Crippen LogP contribution in [0.3, 0.4) is 0 Å². The molecule has 4 nitrogen and oxygen atoms in total. The standard InChI is InChI=1S/C18H28N2O2/c1-4-22-18(21)17(19)12-16-13(2)10-15(11-14(16)3)20-8-6-5-7-9-20/h10-11,17H,4-9,12,19H2,1-3H3. The minimum atomic E-state index is -0.585. The topological polar surface area (TPSA) is 55.6 Å². The smallest absolute Gasteiger partial charge is 0.323 e. The van der Waals surface area contributed by atoms with E-state index in [2.05, 4.69) is 30.9 Å². The largest absolute Gasteiger partial charge is 0.465 e.